The molecule has 68 heavy (non-hydrogen) atoms. The van der Waals surface area contributed by atoms with Gasteiger partial charge in [-0.1, -0.05) is 92.2 Å². The molecular weight excluding hydrogens is 897 g/mol. The van der Waals surface area contributed by atoms with Crippen molar-refractivity contribution in [2.24, 2.45) is 5.92 Å². The Morgan fingerprint density at radius 2 is 1.19 bits per heavy atom. The van der Waals surface area contributed by atoms with E-state index >= 15 is 0 Å². The number of nitrogens with zero attached hydrogens (tertiary/aromatic N) is 4. The van der Waals surface area contributed by atoms with E-state index in [1.807, 2.05) is 65.4 Å². The quantitative estimate of drug-likeness (QED) is 0.0713. The lowest BCUT2D eigenvalue weighted by molar-refractivity contribution is 0.0938. The van der Waals surface area contributed by atoms with Crippen molar-refractivity contribution in [2.75, 3.05) is 26.7 Å². The fourth-order valence-corrected chi connectivity index (χ4v) is 9.52. The van der Waals surface area contributed by atoms with Crippen LogP contribution >= 0.6 is 22.7 Å². The highest BCUT2D eigenvalue weighted by Gasteiger charge is 2.24. The predicted molar refractivity (Wildman–Crippen MR) is 263 cm³/mol. The van der Waals surface area contributed by atoms with E-state index in [-0.39, 0.29) is 25.4 Å². The number of rotatable bonds is 21. The summed E-state index contributed by atoms with van der Waals surface area (Å²) in [6.45, 7) is 11.2. The lowest BCUT2D eigenvalue weighted by Gasteiger charge is -2.22. The zero-order valence-corrected chi connectivity index (χ0v) is 40.0. The van der Waals surface area contributed by atoms with E-state index in [0.717, 1.165) is 44.6 Å². The summed E-state index contributed by atoms with van der Waals surface area (Å²) in [5.41, 5.74) is 7.51. The number of amides is 2. The summed E-state index contributed by atoms with van der Waals surface area (Å²) in [6, 6.07) is 36.7. The molecule has 4 heterocycles. The number of thiazole rings is 2. The molecule has 350 valence electrons. The first-order chi connectivity index (χ1) is 33.1. The predicted octanol–water partition coefficient (Wildman–Crippen LogP) is 9.92. The van der Waals surface area contributed by atoms with Crippen molar-refractivity contribution in [2.45, 2.75) is 66.5 Å². The van der Waals surface area contributed by atoms with Gasteiger partial charge in [-0.25, -0.2) is 9.97 Å². The van der Waals surface area contributed by atoms with Crippen LogP contribution in [0.15, 0.2) is 120 Å². The average molecular weight is 951 g/mol. The van der Waals surface area contributed by atoms with Crippen LogP contribution in [0.4, 0.5) is 0 Å². The molecule has 13 nitrogen and oxygen atoms in total. The highest BCUT2D eigenvalue weighted by atomic mass is 32.1. The van der Waals surface area contributed by atoms with Crippen LogP contribution in [0.1, 0.15) is 78.2 Å². The first kappa shape index (κ1) is 46.3. The zero-order chi connectivity index (χ0) is 46.8. The molecule has 5 aromatic carbocycles. The molecule has 2 amide bonds. The second-order valence-corrected chi connectivity index (χ2v) is 19.3. The summed E-state index contributed by atoms with van der Waals surface area (Å²) in [4.78, 5) is 40.0. The monoisotopic (exact) mass is 950 g/mol. The number of carbonyl (C=O) groups is 2. The Bertz CT molecular complexity index is 2810. The summed E-state index contributed by atoms with van der Waals surface area (Å²) >= 11 is 2.97. The molecule has 0 unspecified atom stereocenters. The van der Waals surface area contributed by atoms with Crippen LogP contribution in [0, 0.1) is 12.8 Å². The number of fused-ring (bicyclic) bond motifs is 2. The molecule has 2 N–H and O–H groups in total. The molecule has 2 aliphatic heterocycles. The van der Waals surface area contributed by atoms with E-state index in [0.29, 0.717) is 92.7 Å². The Kier molecular flexibility index (Phi) is 14.9. The molecule has 0 bridgehead atoms. The van der Waals surface area contributed by atoms with Gasteiger partial charge in [-0.2, -0.15) is 0 Å². The van der Waals surface area contributed by atoms with Gasteiger partial charge < -0.3 is 34.3 Å². The first-order valence-corrected chi connectivity index (χ1v) is 24.5. The van der Waals surface area contributed by atoms with Gasteiger partial charge >= 0.3 is 0 Å². The molecule has 0 fully saturated rings. The normalized spacial score (nSPS) is 12.6. The van der Waals surface area contributed by atoms with Crippen LogP contribution in [0.5, 0.6) is 34.5 Å². The Labute approximate surface area is 404 Å². The summed E-state index contributed by atoms with van der Waals surface area (Å²) in [7, 11) is 0. The van der Waals surface area contributed by atoms with Crippen LogP contribution in [-0.2, 0) is 45.7 Å². The maximum Gasteiger partial charge on any atom is 0.270 e. The number of carbonyl (C=O) groups excluding carboxylic acids is 2. The molecular formula is C53H54N6O7S2. The van der Waals surface area contributed by atoms with Gasteiger partial charge in [0.25, 0.3) is 11.8 Å². The fraction of sp³-hybridized carbons (Fsp3) is 0.283. The molecule has 0 saturated heterocycles. The first-order valence-electron chi connectivity index (χ1n) is 22.7. The SMILES string of the molecule is Cc1ccc(CN(Cc2cc3c(c(Oc4ccc(CN(Cc5ccc6c(c5)OCO6)Cc5nc(C(=O)NCCc6ccccc6)cs5)cc4)c2)OCO3)Cc2nc(C(=O)NCC(C)C)cs2)cc1. The molecule has 7 aromatic rings. The number of aromatic nitrogens is 2. The van der Waals surface area contributed by atoms with Gasteiger partial charge in [0, 0.05) is 50.0 Å². The van der Waals surface area contributed by atoms with Crippen LogP contribution in [0.2, 0.25) is 0 Å². The maximum absolute atomic E-state index is 13.1. The average Bonchev–Trinajstić information content (AvgIpc) is 4.19. The third-order valence-electron chi connectivity index (χ3n) is 11.3. The summed E-state index contributed by atoms with van der Waals surface area (Å²) in [5, 5.41) is 11.3. The van der Waals surface area contributed by atoms with Gasteiger partial charge in [-0.05, 0) is 83.5 Å². The van der Waals surface area contributed by atoms with Crippen LogP contribution in [-0.4, -0.2) is 58.3 Å². The Morgan fingerprint density at radius 1 is 0.618 bits per heavy atom. The van der Waals surface area contributed by atoms with Gasteiger partial charge in [0.05, 0.1) is 13.1 Å². The smallest absolute Gasteiger partial charge is 0.270 e. The minimum absolute atomic E-state index is 0.0979. The third-order valence-corrected chi connectivity index (χ3v) is 13.0. The van der Waals surface area contributed by atoms with Crippen LogP contribution in [0.3, 0.4) is 0 Å². The summed E-state index contributed by atoms with van der Waals surface area (Å²) in [5.74, 6) is 3.87. The minimum atomic E-state index is -0.178. The molecule has 2 aliphatic rings. The molecule has 0 saturated carbocycles. The fourth-order valence-electron chi connectivity index (χ4n) is 7.89. The Hall–Kier alpha value is -6.78. The molecule has 2 aromatic heterocycles. The molecule has 9 rings (SSSR count). The minimum Gasteiger partial charge on any atom is -0.454 e. The number of benzene rings is 5. The summed E-state index contributed by atoms with van der Waals surface area (Å²) in [6.07, 6.45) is 0.749. The molecule has 0 aliphatic carbocycles. The third kappa shape index (κ3) is 12.4. The van der Waals surface area contributed by atoms with E-state index < -0.39 is 0 Å². The van der Waals surface area contributed by atoms with Gasteiger partial charge in [0.15, 0.2) is 23.0 Å². The number of nitrogens with one attached hydrogen (secondary N) is 2. The van der Waals surface area contributed by atoms with Crippen molar-refractivity contribution < 1.29 is 33.3 Å². The van der Waals surface area contributed by atoms with Gasteiger partial charge in [-0.15, -0.1) is 22.7 Å². The summed E-state index contributed by atoms with van der Waals surface area (Å²) < 4.78 is 29.7. The van der Waals surface area contributed by atoms with Gasteiger partial charge in [-0.3, -0.25) is 19.4 Å². The zero-order valence-electron chi connectivity index (χ0n) is 38.4. The van der Waals surface area contributed by atoms with E-state index in [2.05, 4.69) is 95.8 Å². The van der Waals surface area contributed by atoms with Crippen molar-refractivity contribution >= 4 is 34.5 Å². The Morgan fingerprint density at radius 3 is 1.88 bits per heavy atom. The van der Waals surface area contributed by atoms with Crippen LogP contribution in [0.25, 0.3) is 0 Å². The van der Waals surface area contributed by atoms with Crippen molar-refractivity contribution in [3.8, 4) is 34.5 Å². The maximum atomic E-state index is 13.1. The topological polar surface area (TPSA) is 137 Å². The Balaban J connectivity index is 0.888. The standard InChI is InChI=1S/C53H54N6O7S2/c1-35(2)24-55-53(61)44-32-68-50(57-44)30-59(25-38-11-9-36(3)10-12-38)28-41-22-47-51(65-34-64-47)48(23-41)66-42-16-13-39(14-17-42)26-58(27-40-15-18-45-46(21-40)63-33-62-45)29-49-56-43(31-67-49)52(60)54-20-19-37-7-5-4-6-8-37/h4-18,21-23,31-32,35H,19-20,24-30,33-34H2,1-3H3,(H,54,60)(H,55,61). The largest absolute Gasteiger partial charge is 0.454 e. The lowest BCUT2D eigenvalue weighted by atomic mass is 10.1. The van der Waals surface area contributed by atoms with Crippen molar-refractivity contribution in [3.63, 3.8) is 0 Å². The number of aryl methyl sites for hydroxylation is 1. The second-order valence-electron chi connectivity index (χ2n) is 17.4. The van der Waals surface area contributed by atoms with Crippen molar-refractivity contribution in [3.05, 3.63) is 175 Å². The van der Waals surface area contributed by atoms with Crippen LogP contribution < -0.4 is 34.3 Å². The highest BCUT2D eigenvalue weighted by molar-refractivity contribution is 7.10. The van der Waals surface area contributed by atoms with Crippen molar-refractivity contribution in [1.29, 1.82) is 0 Å². The molecule has 0 spiro atoms. The second kappa shape index (κ2) is 21.9. The van der Waals surface area contributed by atoms with E-state index in [9.17, 15) is 9.59 Å². The van der Waals surface area contributed by atoms with E-state index in [1.54, 1.807) is 0 Å². The number of ether oxygens (including phenoxy) is 5. The van der Waals surface area contributed by atoms with E-state index in [1.165, 1.54) is 39.4 Å². The number of hydrogen-bond acceptors (Lipinski definition) is 13. The van der Waals surface area contributed by atoms with Crippen molar-refractivity contribution in [1.82, 2.24) is 30.4 Å². The lowest BCUT2D eigenvalue weighted by Crippen LogP contribution is -2.27. The van der Waals surface area contributed by atoms with Gasteiger partial charge in [0.1, 0.15) is 27.2 Å². The van der Waals surface area contributed by atoms with E-state index in [4.69, 9.17) is 33.7 Å². The molecule has 0 radical (unpaired) electrons. The van der Waals surface area contributed by atoms with Gasteiger partial charge in [0.2, 0.25) is 19.3 Å². The number of hydrogen-bond donors (Lipinski definition) is 2. The molecule has 15 heteroatoms. The molecule has 0 atom stereocenters. The highest BCUT2D eigenvalue weighted by Crippen LogP contribution is 2.44.